The first-order chi connectivity index (χ1) is 13.4. The van der Waals surface area contributed by atoms with E-state index in [0.717, 1.165) is 61.8 Å². The van der Waals surface area contributed by atoms with Crippen molar-refractivity contribution in [2.75, 3.05) is 58.2 Å². The zero-order chi connectivity index (χ0) is 20.3. The molecule has 0 saturated carbocycles. The number of ether oxygens (including phenoxy) is 1. The van der Waals surface area contributed by atoms with Crippen molar-refractivity contribution in [3.63, 3.8) is 0 Å². The Hall–Kier alpha value is -2.54. The monoisotopic (exact) mass is 386 g/mol. The lowest BCUT2D eigenvalue weighted by molar-refractivity contribution is -0.135. The fourth-order valence-corrected chi connectivity index (χ4v) is 3.71. The van der Waals surface area contributed by atoms with E-state index >= 15 is 0 Å². The first-order valence-corrected chi connectivity index (χ1v) is 9.75. The van der Waals surface area contributed by atoms with E-state index in [0.29, 0.717) is 6.04 Å². The molecule has 2 heterocycles. The maximum atomic E-state index is 12.6. The minimum absolute atomic E-state index is 0.00194. The molecule has 2 saturated heterocycles. The average Bonchev–Trinajstić information content (AvgIpc) is 2.67. The van der Waals surface area contributed by atoms with Crippen molar-refractivity contribution in [1.29, 1.82) is 0 Å². The second-order valence-corrected chi connectivity index (χ2v) is 7.51. The quantitative estimate of drug-likeness (QED) is 0.746. The van der Waals surface area contributed by atoms with E-state index in [1.807, 2.05) is 30.9 Å². The van der Waals surface area contributed by atoms with E-state index in [4.69, 9.17) is 4.74 Å². The van der Waals surface area contributed by atoms with Gasteiger partial charge in [0.15, 0.2) is 0 Å². The van der Waals surface area contributed by atoms with Gasteiger partial charge in [-0.2, -0.15) is 0 Å². The molecule has 0 bridgehead atoms. The molecule has 2 fully saturated rings. The maximum absolute atomic E-state index is 12.6. The molecule has 1 N–H and O–H groups in total. The number of methoxy groups -OCH3 is 1. The summed E-state index contributed by atoms with van der Waals surface area (Å²) in [6.07, 6.45) is 1.37. The third kappa shape index (κ3) is 4.30. The van der Waals surface area contributed by atoms with E-state index < -0.39 is 0 Å². The lowest BCUT2D eigenvalue weighted by Gasteiger charge is -2.47. The lowest BCUT2D eigenvalue weighted by atomic mass is 10.1. The molecule has 3 rings (SSSR count). The predicted molar refractivity (Wildman–Crippen MR) is 110 cm³/mol. The van der Waals surface area contributed by atoms with E-state index in [-0.39, 0.29) is 18.4 Å². The molecule has 0 aliphatic carbocycles. The fraction of sp³-hybridized carbons (Fsp3) is 0.524. The van der Waals surface area contributed by atoms with Crippen LogP contribution in [0.2, 0.25) is 0 Å². The summed E-state index contributed by atoms with van der Waals surface area (Å²) in [7, 11) is 1.64. The van der Waals surface area contributed by atoms with Crippen LogP contribution >= 0.6 is 0 Å². The molecule has 0 radical (unpaired) electrons. The van der Waals surface area contributed by atoms with Crippen molar-refractivity contribution in [3.8, 4) is 5.75 Å². The summed E-state index contributed by atoms with van der Waals surface area (Å²) in [6.45, 7) is 12.5. The summed E-state index contributed by atoms with van der Waals surface area (Å²) in [5.74, 6) is 0.847. The van der Waals surface area contributed by atoms with Crippen LogP contribution in [0.15, 0.2) is 24.8 Å². The maximum Gasteiger partial charge on any atom is 0.246 e. The predicted octanol–water partition coefficient (Wildman–Crippen LogP) is 1.26. The molecule has 1 aromatic carbocycles. The molecule has 7 heteroatoms. The van der Waals surface area contributed by atoms with E-state index in [1.54, 1.807) is 12.0 Å². The number of carbonyl (C=O) groups is 2. The van der Waals surface area contributed by atoms with Crippen LogP contribution in [-0.4, -0.2) is 85.5 Å². The summed E-state index contributed by atoms with van der Waals surface area (Å²) in [5.41, 5.74) is 3.17. The molecule has 0 spiro atoms. The Morgan fingerprint density at radius 2 is 1.79 bits per heavy atom. The highest BCUT2D eigenvalue weighted by molar-refractivity contribution is 5.87. The molecule has 28 heavy (non-hydrogen) atoms. The number of likely N-dealkylation sites (tertiary alicyclic amines) is 1. The number of piperazine rings is 1. The van der Waals surface area contributed by atoms with Crippen LogP contribution in [0.5, 0.6) is 5.75 Å². The SMILES string of the molecule is C=CC(=O)N1CC(N2CCN(C(=O)CNc3cc(C)c(C)cc3OC)CC2)C1. The van der Waals surface area contributed by atoms with Crippen molar-refractivity contribution < 1.29 is 14.3 Å². The smallest absolute Gasteiger partial charge is 0.246 e. The minimum Gasteiger partial charge on any atom is -0.495 e. The van der Waals surface area contributed by atoms with Gasteiger partial charge in [-0.05, 0) is 43.2 Å². The number of amides is 2. The zero-order valence-corrected chi connectivity index (χ0v) is 17.0. The van der Waals surface area contributed by atoms with Crippen molar-refractivity contribution >= 4 is 17.5 Å². The van der Waals surface area contributed by atoms with Gasteiger partial charge in [-0.3, -0.25) is 14.5 Å². The van der Waals surface area contributed by atoms with Gasteiger partial charge in [-0.25, -0.2) is 0 Å². The largest absolute Gasteiger partial charge is 0.495 e. The minimum atomic E-state index is -0.00194. The van der Waals surface area contributed by atoms with Crippen LogP contribution < -0.4 is 10.1 Å². The van der Waals surface area contributed by atoms with E-state index in [1.165, 1.54) is 6.08 Å². The van der Waals surface area contributed by atoms with Crippen molar-refractivity contribution in [1.82, 2.24) is 14.7 Å². The van der Waals surface area contributed by atoms with Gasteiger partial charge in [-0.15, -0.1) is 0 Å². The molecule has 0 unspecified atom stereocenters. The first kappa shape index (κ1) is 20.2. The fourth-order valence-electron chi connectivity index (χ4n) is 3.71. The van der Waals surface area contributed by atoms with Crippen LogP contribution in [-0.2, 0) is 9.59 Å². The second-order valence-electron chi connectivity index (χ2n) is 7.51. The molecule has 0 atom stereocenters. The van der Waals surface area contributed by atoms with Gasteiger partial charge in [0.05, 0.1) is 19.3 Å². The number of aryl methyl sites for hydroxylation is 2. The number of anilines is 1. The number of hydrogen-bond donors (Lipinski definition) is 1. The Morgan fingerprint density at radius 3 is 2.39 bits per heavy atom. The number of rotatable bonds is 6. The summed E-state index contributed by atoms with van der Waals surface area (Å²) < 4.78 is 5.42. The number of hydrogen-bond acceptors (Lipinski definition) is 5. The summed E-state index contributed by atoms with van der Waals surface area (Å²) in [4.78, 5) is 30.2. The Balaban J connectivity index is 1.45. The first-order valence-electron chi connectivity index (χ1n) is 9.75. The van der Waals surface area contributed by atoms with Gasteiger partial charge in [-0.1, -0.05) is 6.58 Å². The van der Waals surface area contributed by atoms with E-state index in [2.05, 4.69) is 16.8 Å². The number of nitrogens with one attached hydrogen (secondary N) is 1. The molecule has 1 aromatic rings. The molecule has 7 nitrogen and oxygen atoms in total. The molecule has 152 valence electrons. The normalized spacial score (nSPS) is 17.8. The van der Waals surface area contributed by atoms with Crippen LogP contribution in [0.3, 0.4) is 0 Å². The summed E-state index contributed by atoms with van der Waals surface area (Å²) in [5, 5.41) is 3.23. The number of nitrogens with zero attached hydrogens (tertiary/aromatic N) is 3. The molecular formula is C21H30N4O3. The lowest BCUT2D eigenvalue weighted by Crippen LogP contribution is -2.64. The highest BCUT2D eigenvalue weighted by Crippen LogP contribution is 2.27. The Kier molecular flexibility index (Phi) is 6.24. The molecule has 2 aliphatic heterocycles. The Morgan fingerprint density at radius 1 is 1.14 bits per heavy atom. The molecule has 2 amide bonds. The van der Waals surface area contributed by atoms with Gasteiger partial charge in [0.2, 0.25) is 11.8 Å². The summed E-state index contributed by atoms with van der Waals surface area (Å²) in [6, 6.07) is 4.41. The van der Waals surface area contributed by atoms with Gasteiger partial charge >= 0.3 is 0 Å². The van der Waals surface area contributed by atoms with Gasteiger partial charge < -0.3 is 19.9 Å². The zero-order valence-electron chi connectivity index (χ0n) is 17.0. The Labute approximate surface area is 166 Å². The van der Waals surface area contributed by atoms with Crippen LogP contribution in [0.25, 0.3) is 0 Å². The van der Waals surface area contributed by atoms with Crippen molar-refractivity contribution in [3.05, 3.63) is 35.9 Å². The highest BCUT2D eigenvalue weighted by Gasteiger charge is 2.35. The van der Waals surface area contributed by atoms with Crippen molar-refractivity contribution in [2.45, 2.75) is 19.9 Å². The topological polar surface area (TPSA) is 65.1 Å². The Bertz CT molecular complexity index is 750. The third-order valence-corrected chi connectivity index (χ3v) is 5.78. The molecule has 0 aromatic heterocycles. The van der Waals surface area contributed by atoms with Crippen LogP contribution in [0.1, 0.15) is 11.1 Å². The van der Waals surface area contributed by atoms with Crippen LogP contribution in [0, 0.1) is 13.8 Å². The van der Waals surface area contributed by atoms with Crippen molar-refractivity contribution in [2.24, 2.45) is 0 Å². The van der Waals surface area contributed by atoms with Gasteiger partial charge in [0.25, 0.3) is 0 Å². The van der Waals surface area contributed by atoms with Gasteiger partial charge in [0.1, 0.15) is 5.75 Å². The van der Waals surface area contributed by atoms with Gasteiger partial charge in [0, 0.05) is 45.3 Å². The highest BCUT2D eigenvalue weighted by atomic mass is 16.5. The second kappa shape index (κ2) is 8.65. The standard InChI is InChI=1S/C21H30N4O3/c1-5-20(26)25-13-17(14-25)23-6-8-24(9-7-23)21(27)12-22-18-10-15(2)16(3)11-19(18)28-4/h5,10-11,17,22H,1,6-9,12-14H2,2-4H3. The van der Waals surface area contributed by atoms with Crippen LogP contribution in [0.4, 0.5) is 5.69 Å². The summed E-state index contributed by atoms with van der Waals surface area (Å²) >= 11 is 0. The number of carbonyl (C=O) groups excluding carboxylic acids is 2. The molecule has 2 aliphatic rings. The number of benzene rings is 1. The molecular weight excluding hydrogens is 356 g/mol. The average molecular weight is 386 g/mol. The van der Waals surface area contributed by atoms with E-state index in [9.17, 15) is 9.59 Å². The third-order valence-electron chi connectivity index (χ3n) is 5.78.